The van der Waals surface area contributed by atoms with E-state index in [1.807, 2.05) is 0 Å². The van der Waals surface area contributed by atoms with Gasteiger partial charge in [0.05, 0.1) is 4.90 Å². The number of rotatable bonds is 7. The van der Waals surface area contributed by atoms with Crippen LogP contribution in [-0.4, -0.2) is 21.8 Å². The van der Waals surface area contributed by atoms with E-state index in [2.05, 4.69) is 16.3 Å². The molecule has 31 heavy (non-hydrogen) atoms. The normalized spacial score (nSPS) is 12.9. The lowest BCUT2D eigenvalue weighted by Crippen LogP contribution is -2.18. The number of halogens is 3. The Hall–Kier alpha value is -2.82. The molecule has 1 heterocycles. The van der Waals surface area contributed by atoms with Gasteiger partial charge >= 0.3 is 0 Å². The van der Waals surface area contributed by atoms with E-state index < -0.39 is 42.3 Å². The molecule has 0 aliphatic rings. The van der Waals surface area contributed by atoms with E-state index in [1.165, 1.54) is 30.3 Å². The summed E-state index contributed by atoms with van der Waals surface area (Å²) in [7, 11) is -8.25. The number of benzene rings is 2. The van der Waals surface area contributed by atoms with Crippen molar-refractivity contribution in [2.45, 2.75) is 10.1 Å². The number of pyridine rings is 1. The van der Waals surface area contributed by atoms with Gasteiger partial charge < -0.3 is 0 Å². The summed E-state index contributed by atoms with van der Waals surface area (Å²) in [4.78, 5) is 3.65. The van der Waals surface area contributed by atoms with E-state index in [0.717, 1.165) is 30.5 Å². The molecule has 6 nitrogen and oxygen atoms in total. The van der Waals surface area contributed by atoms with Crippen molar-refractivity contribution >= 4 is 37.3 Å². The number of aromatic nitrogens is 1. The highest BCUT2D eigenvalue weighted by Gasteiger charge is 2.33. The van der Waals surface area contributed by atoms with Gasteiger partial charge in [0.1, 0.15) is 22.7 Å². The minimum atomic E-state index is -4.32. The Kier molecular flexibility index (Phi) is 6.44. The topological polar surface area (TPSA) is 93.2 Å². The van der Waals surface area contributed by atoms with Crippen molar-refractivity contribution in [1.29, 1.82) is 0 Å². The van der Waals surface area contributed by atoms with Crippen LogP contribution in [0.4, 0.5) is 14.6 Å². The van der Waals surface area contributed by atoms with Crippen LogP contribution in [0.15, 0.2) is 77.7 Å². The van der Waals surface area contributed by atoms with E-state index in [0.29, 0.717) is 5.41 Å². The summed E-state index contributed by atoms with van der Waals surface area (Å²) >= 11 is 5.83. The average Bonchev–Trinajstić information content (AvgIpc) is 2.71. The Morgan fingerprint density at radius 2 is 1.68 bits per heavy atom. The Balaban J connectivity index is 2.24. The molecular weight excluding hydrogens is 470 g/mol. The molecule has 1 aromatic heterocycles. The summed E-state index contributed by atoms with van der Waals surface area (Å²) in [5.74, 6) is -2.01. The Morgan fingerprint density at radius 3 is 2.32 bits per heavy atom. The molecular formula is C20H15ClF2N2O4S2. The standard InChI is InChI=1S/C20H15ClF2N2O4S2/c1-2-30(26,27)25-19-11-13(9-10-24-19)20(17-12-15(22)5-8-18(17)23)31(28,29)16-6-3-14(21)4-7-16/h2-12,20H,1H2,(H,24,25). The van der Waals surface area contributed by atoms with Crippen molar-refractivity contribution < 1.29 is 25.6 Å². The van der Waals surface area contributed by atoms with Crippen molar-refractivity contribution in [3.63, 3.8) is 0 Å². The van der Waals surface area contributed by atoms with Gasteiger partial charge in [-0.1, -0.05) is 18.2 Å². The minimum Gasteiger partial charge on any atom is -0.264 e. The fourth-order valence-electron chi connectivity index (χ4n) is 2.85. The zero-order valence-corrected chi connectivity index (χ0v) is 18.1. The lowest BCUT2D eigenvalue weighted by atomic mass is 10.0. The summed E-state index contributed by atoms with van der Waals surface area (Å²) in [6.07, 6.45) is 1.15. The first-order valence-corrected chi connectivity index (χ1v) is 12.1. The van der Waals surface area contributed by atoms with Gasteiger partial charge in [-0.3, -0.25) is 4.72 Å². The monoisotopic (exact) mass is 484 g/mol. The third kappa shape index (κ3) is 5.09. The maximum Gasteiger partial charge on any atom is 0.255 e. The molecule has 3 aromatic rings. The second kappa shape index (κ2) is 8.74. The summed E-state index contributed by atoms with van der Waals surface area (Å²) in [6.45, 7) is 3.16. The number of hydrogen-bond donors (Lipinski definition) is 1. The van der Waals surface area contributed by atoms with Gasteiger partial charge in [0.2, 0.25) is 0 Å². The van der Waals surface area contributed by atoms with E-state index in [1.54, 1.807) is 0 Å². The van der Waals surface area contributed by atoms with Crippen LogP contribution in [0, 0.1) is 11.6 Å². The summed E-state index contributed by atoms with van der Waals surface area (Å²) in [6, 6.07) is 10.0. The number of anilines is 1. The van der Waals surface area contributed by atoms with Crippen LogP contribution in [0.2, 0.25) is 5.02 Å². The fourth-order valence-corrected chi connectivity index (χ4v) is 5.27. The fraction of sp³-hybridized carbons (Fsp3) is 0.0500. The number of hydrogen-bond acceptors (Lipinski definition) is 5. The Labute approximate surface area is 183 Å². The molecule has 11 heteroatoms. The molecule has 1 unspecified atom stereocenters. The van der Waals surface area contributed by atoms with Crippen molar-refractivity contribution in [2.75, 3.05) is 4.72 Å². The van der Waals surface area contributed by atoms with Crippen molar-refractivity contribution in [2.24, 2.45) is 0 Å². The summed E-state index contributed by atoms with van der Waals surface area (Å²) in [5, 5.41) is -0.757. The molecule has 1 N–H and O–H groups in total. The quantitative estimate of drug-likeness (QED) is 0.534. The first kappa shape index (κ1) is 22.9. The van der Waals surface area contributed by atoms with Gasteiger partial charge in [0.15, 0.2) is 9.84 Å². The maximum absolute atomic E-state index is 14.6. The Bertz CT molecular complexity index is 1350. The van der Waals surface area contributed by atoms with Crippen molar-refractivity contribution in [3.05, 3.63) is 101 Å². The molecule has 1 atom stereocenters. The molecule has 0 saturated carbocycles. The summed E-state index contributed by atoms with van der Waals surface area (Å²) < 4.78 is 81.1. The SMILES string of the molecule is C=CS(=O)(=O)Nc1cc(C(c2cc(F)ccc2F)S(=O)(=O)c2ccc(Cl)cc2)ccn1. The molecule has 0 saturated heterocycles. The van der Waals surface area contributed by atoms with Gasteiger partial charge in [0, 0.05) is 22.2 Å². The van der Waals surface area contributed by atoms with E-state index in [9.17, 15) is 25.6 Å². The predicted molar refractivity (Wildman–Crippen MR) is 114 cm³/mol. The van der Waals surface area contributed by atoms with Crippen LogP contribution in [0.1, 0.15) is 16.4 Å². The van der Waals surface area contributed by atoms with Crippen LogP contribution in [0.25, 0.3) is 0 Å². The van der Waals surface area contributed by atoms with Crippen LogP contribution < -0.4 is 4.72 Å². The van der Waals surface area contributed by atoms with Gasteiger partial charge in [-0.05, 0) is 60.2 Å². The van der Waals surface area contributed by atoms with E-state index >= 15 is 0 Å². The largest absolute Gasteiger partial charge is 0.264 e. The van der Waals surface area contributed by atoms with Gasteiger partial charge in [0.25, 0.3) is 10.0 Å². The second-order valence-corrected chi connectivity index (χ2v) is 10.4. The number of nitrogens with zero attached hydrogens (tertiary/aromatic N) is 1. The Morgan fingerprint density at radius 1 is 1.00 bits per heavy atom. The predicted octanol–water partition coefficient (Wildman–Crippen LogP) is 4.46. The highest BCUT2D eigenvalue weighted by Crippen LogP contribution is 2.37. The first-order valence-electron chi connectivity index (χ1n) is 8.59. The average molecular weight is 485 g/mol. The van der Waals surface area contributed by atoms with E-state index in [4.69, 9.17) is 11.6 Å². The third-order valence-corrected chi connectivity index (χ3v) is 7.51. The van der Waals surface area contributed by atoms with Crippen LogP contribution >= 0.6 is 11.6 Å². The number of sulfonamides is 1. The van der Waals surface area contributed by atoms with Gasteiger partial charge in [-0.25, -0.2) is 30.6 Å². The zero-order valence-electron chi connectivity index (χ0n) is 15.7. The van der Waals surface area contributed by atoms with Crippen LogP contribution in [0.3, 0.4) is 0 Å². The molecule has 0 spiro atoms. The summed E-state index contributed by atoms with van der Waals surface area (Å²) in [5.41, 5.74) is -0.477. The van der Waals surface area contributed by atoms with E-state index in [-0.39, 0.29) is 21.3 Å². The second-order valence-electron chi connectivity index (χ2n) is 6.33. The minimum absolute atomic E-state index is 0.0313. The number of nitrogens with one attached hydrogen (secondary N) is 1. The van der Waals surface area contributed by atoms with Gasteiger partial charge in [-0.2, -0.15) is 0 Å². The molecule has 0 amide bonds. The molecule has 162 valence electrons. The lowest BCUT2D eigenvalue weighted by Gasteiger charge is -2.20. The zero-order chi connectivity index (χ0) is 22.8. The molecule has 0 fully saturated rings. The highest BCUT2D eigenvalue weighted by atomic mass is 35.5. The molecule has 0 aliphatic carbocycles. The molecule has 0 aliphatic heterocycles. The molecule has 2 aromatic carbocycles. The smallest absolute Gasteiger partial charge is 0.255 e. The molecule has 3 rings (SSSR count). The van der Waals surface area contributed by atoms with Gasteiger partial charge in [-0.15, -0.1) is 0 Å². The lowest BCUT2D eigenvalue weighted by molar-refractivity contribution is 0.569. The number of sulfone groups is 1. The van der Waals surface area contributed by atoms with Crippen molar-refractivity contribution in [3.8, 4) is 0 Å². The maximum atomic E-state index is 14.6. The van der Waals surface area contributed by atoms with Crippen LogP contribution in [0.5, 0.6) is 0 Å². The third-order valence-electron chi connectivity index (χ3n) is 4.25. The molecule has 0 radical (unpaired) electrons. The highest BCUT2D eigenvalue weighted by molar-refractivity contribution is 7.95. The van der Waals surface area contributed by atoms with Crippen LogP contribution in [-0.2, 0) is 19.9 Å². The first-order chi connectivity index (χ1) is 14.5. The van der Waals surface area contributed by atoms with Crippen molar-refractivity contribution in [1.82, 2.24) is 4.98 Å². The molecule has 0 bridgehead atoms.